The number of nitrogens with zero attached hydrogens (tertiary/aromatic N) is 2. The van der Waals surface area contributed by atoms with E-state index in [4.69, 9.17) is 4.74 Å². The smallest absolute Gasteiger partial charge is 0.238 e. The molecule has 0 aliphatic carbocycles. The molecule has 3 aromatic rings. The minimum atomic E-state index is 0.255. The molecule has 3 rings (SSSR count). The summed E-state index contributed by atoms with van der Waals surface area (Å²) >= 11 is 0. The summed E-state index contributed by atoms with van der Waals surface area (Å²) in [6, 6.07) is 14.3. The molecule has 0 spiro atoms. The lowest BCUT2D eigenvalue weighted by Crippen LogP contribution is -1.88. The number of benzene rings is 2. The molecule has 0 aliphatic heterocycles. The van der Waals surface area contributed by atoms with E-state index in [1.807, 2.05) is 24.3 Å². The summed E-state index contributed by atoms with van der Waals surface area (Å²) < 4.78 is 5.58. The van der Waals surface area contributed by atoms with Gasteiger partial charge >= 0.3 is 0 Å². The van der Waals surface area contributed by atoms with E-state index in [1.54, 1.807) is 30.5 Å². The summed E-state index contributed by atoms with van der Waals surface area (Å²) in [7, 11) is 0. The Morgan fingerprint density at radius 1 is 0.944 bits per heavy atom. The van der Waals surface area contributed by atoms with Gasteiger partial charge in [0.2, 0.25) is 5.88 Å². The third-order valence-corrected chi connectivity index (χ3v) is 2.57. The van der Waals surface area contributed by atoms with Crippen molar-refractivity contribution in [1.29, 1.82) is 0 Å². The minimum absolute atomic E-state index is 0.255. The molecule has 88 valence electrons. The minimum Gasteiger partial charge on any atom is -0.508 e. The third-order valence-electron chi connectivity index (χ3n) is 2.57. The van der Waals surface area contributed by atoms with Crippen molar-refractivity contribution in [2.75, 3.05) is 0 Å². The van der Waals surface area contributed by atoms with Gasteiger partial charge in [-0.05, 0) is 41.1 Å². The van der Waals surface area contributed by atoms with Gasteiger partial charge in [-0.2, -0.15) is 5.10 Å². The van der Waals surface area contributed by atoms with Crippen LogP contribution in [0.1, 0.15) is 0 Å². The molecule has 0 aliphatic rings. The molecular weight excluding hydrogens is 228 g/mol. The van der Waals surface area contributed by atoms with Crippen molar-refractivity contribution in [3.8, 4) is 17.4 Å². The fraction of sp³-hybridized carbons (Fsp3) is 0. The second-order valence-corrected chi connectivity index (χ2v) is 3.86. The number of aromatic nitrogens is 2. The fourth-order valence-corrected chi connectivity index (χ4v) is 1.74. The first-order valence-electron chi connectivity index (χ1n) is 5.50. The summed E-state index contributed by atoms with van der Waals surface area (Å²) in [6.07, 6.45) is 1.59. The molecule has 0 radical (unpaired) electrons. The number of fused-ring (bicyclic) bond motifs is 1. The summed E-state index contributed by atoms with van der Waals surface area (Å²) in [5.74, 6) is 1.40. The molecule has 0 amide bonds. The second-order valence-electron chi connectivity index (χ2n) is 3.86. The lowest BCUT2D eigenvalue weighted by molar-refractivity contribution is 0.456. The predicted molar refractivity (Wildman–Crippen MR) is 67.7 cm³/mol. The zero-order valence-electron chi connectivity index (χ0n) is 9.45. The quantitative estimate of drug-likeness (QED) is 0.745. The monoisotopic (exact) mass is 238 g/mol. The van der Waals surface area contributed by atoms with Crippen molar-refractivity contribution in [2.45, 2.75) is 0 Å². The van der Waals surface area contributed by atoms with Crippen LogP contribution in [0.3, 0.4) is 0 Å². The Kier molecular flexibility index (Phi) is 2.53. The average molecular weight is 238 g/mol. The molecule has 18 heavy (non-hydrogen) atoms. The van der Waals surface area contributed by atoms with Gasteiger partial charge in [-0.1, -0.05) is 12.1 Å². The van der Waals surface area contributed by atoms with Crippen molar-refractivity contribution >= 4 is 10.8 Å². The largest absolute Gasteiger partial charge is 0.508 e. The van der Waals surface area contributed by atoms with Crippen molar-refractivity contribution in [3.63, 3.8) is 0 Å². The molecule has 0 atom stereocenters. The Labute approximate surface area is 103 Å². The molecule has 1 N–H and O–H groups in total. The highest BCUT2D eigenvalue weighted by Crippen LogP contribution is 2.26. The van der Waals surface area contributed by atoms with Crippen LogP contribution >= 0.6 is 0 Å². The van der Waals surface area contributed by atoms with Crippen LogP contribution in [-0.2, 0) is 0 Å². The van der Waals surface area contributed by atoms with Crippen molar-refractivity contribution in [2.24, 2.45) is 0 Å². The maximum absolute atomic E-state index is 9.39. The summed E-state index contributed by atoms with van der Waals surface area (Å²) in [6.45, 7) is 0. The van der Waals surface area contributed by atoms with E-state index in [1.165, 1.54) is 0 Å². The van der Waals surface area contributed by atoms with Crippen LogP contribution in [0.5, 0.6) is 17.4 Å². The summed E-state index contributed by atoms with van der Waals surface area (Å²) in [5.41, 5.74) is 0. The average Bonchev–Trinajstić information content (AvgIpc) is 2.40. The van der Waals surface area contributed by atoms with E-state index in [2.05, 4.69) is 10.2 Å². The number of aromatic hydroxyl groups is 1. The van der Waals surface area contributed by atoms with Gasteiger partial charge in [0.1, 0.15) is 11.5 Å². The molecule has 0 saturated heterocycles. The maximum atomic E-state index is 9.39. The fourth-order valence-electron chi connectivity index (χ4n) is 1.74. The Morgan fingerprint density at radius 3 is 2.61 bits per heavy atom. The van der Waals surface area contributed by atoms with Crippen LogP contribution in [0, 0.1) is 0 Å². The lowest BCUT2D eigenvalue weighted by atomic mass is 10.1. The molecule has 0 fully saturated rings. The first kappa shape index (κ1) is 10.5. The van der Waals surface area contributed by atoms with Crippen LogP contribution < -0.4 is 4.74 Å². The van der Waals surface area contributed by atoms with Crippen LogP contribution in [0.2, 0.25) is 0 Å². The third kappa shape index (κ3) is 2.08. The van der Waals surface area contributed by atoms with Crippen LogP contribution in [0.4, 0.5) is 0 Å². The molecule has 0 bridgehead atoms. The normalized spacial score (nSPS) is 10.4. The lowest BCUT2D eigenvalue weighted by Gasteiger charge is -2.05. The number of phenols is 1. The molecule has 0 unspecified atom stereocenters. The molecule has 1 aromatic heterocycles. The second kappa shape index (κ2) is 4.33. The SMILES string of the molecule is Oc1ccc2cc(Oc3cccnn3)ccc2c1. The van der Waals surface area contributed by atoms with Gasteiger partial charge in [0.15, 0.2) is 0 Å². The first-order valence-corrected chi connectivity index (χ1v) is 5.50. The first-order chi connectivity index (χ1) is 8.81. The highest BCUT2D eigenvalue weighted by atomic mass is 16.5. The van der Waals surface area contributed by atoms with E-state index in [-0.39, 0.29) is 5.75 Å². The van der Waals surface area contributed by atoms with Gasteiger partial charge in [0.25, 0.3) is 0 Å². The van der Waals surface area contributed by atoms with E-state index >= 15 is 0 Å². The molecule has 4 nitrogen and oxygen atoms in total. The Hall–Kier alpha value is -2.62. The van der Waals surface area contributed by atoms with Gasteiger partial charge in [-0.15, -0.1) is 5.10 Å². The van der Waals surface area contributed by atoms with Crippen molar-refractivity contribution in [3.05, 3.63) is 54.7 Å². The van der Waals surface area contributed by atoms with Crippen LogP contribution in [0.25, 0.3) is 10.8 Å². The number of phenolic OH excluding ortho intramolecular Hbond substituents is 1. The van der Waals surface area contributed by atoms with Gasteiger partial charge < -0.3 is 9.84 Å². The Morgan fingerprint density at radius 2 is 1.78 bits per heavy atom. The van der Waals surface area contributed by atoms with Gasteiger partial charge in [-0.25, -0.2) is 0 Å². The molecule has 4 heteroatoms. The Bertz CT molecular complexity index is 684. The van der Waals surface area contributed by atoms with E-state index in [0.717, 1.165) is 10.8 Å². The van der Waals surface area contributed by atoms with Crippen LogP contribution in [0.15, 0.2) is 54.7 Å². The predicted octanol–water partition coefficient (Wildman–Crippen LogP) is 3.13. The van der Waals surface area contributed by atoms with Crippen molar-refractivity contribution < 1.29 is 9.84 Å². The van der Waals surface area contributed by atoms with E-state index in [9.17, 15) is 5.11 Å². The molecular formula is C14H10N2O2. The van der Waals surface area contributed by atoms with Gasteiger partial charge in [0.05, 0.1) is 0 Å². The molecule has 0 saturated carbocycles. The zero-order chi connectivity index (χ0) is 12.4. The maximum Gasteiger partial charge on any atom is 0.238 e. The van der Waals surface area contributed by atoms with Crippen LogP contribution in [-0.4, -0.2) is 15.3 Å². The Balaban J connectivity index is 1.96. The van der Waals surface area contributed by atoms with Gasteiger partial charge in [-0.3, -0.25) is 0 Å². The van der Waals surface area contributed by atoms with E-state index < -0.39 is 0 Å². The zero-order valence-corrected chi connectivity index (χ0v) is 9.45. The standard InChI is InChI=1S/C14H10N2O2/c17-12-5-3-11-9-13(6-4-10(11)8-12)18-14-2-1-7-15-16-14/h1-9,17H. The number of hydrogen-bond acceptors (Lipinski definition) is 4. The highest BCUT2D eigenvalue weighted by Gasteiger charge is 2.01. The number of ether oxygens (including phenoxy) is 1. The summed E-state index contributed by atoms with van der Waals surface area (Å²) in [4.78, 5) is 0. The number of rotatable bonds is 2. The topological polar surface area (TPSA) is 55.2 Å². The summed E-state index contributed by atoms with van der Waals surface area (Å²) in [5, 5.41) is 18.9. The highest BCUT2D eigenvalue weighted by molar-refractivity contribution is 5.85. The van der Waals surface area contributed by atoms with Gasteiger partial charge in [0, 0.05) is 12.3 Å². The number of hydrogen-bond donors (Lipinski definition) is 1. The van der Waals surface area contributed by atoms with E-state index in [0.29, 0.717) is 11.6 Å². The molecule has 1 heterocycles. The van der Waals surface area contributed by atoms with Crippen molar-refractivity contribution in [1.82, 2.24) is 10.2 Å². The molecule has 2 aromatic carbocycles.